The van der Waals surface area contributed by atoms with Crippen LogP contribution in [0.5, 0.6) is 0 Å². The number of hydrogen-bond acceptors (Lipinski definition) is 3. The summed E-state index contributed by atoms with van der Waals surface area (Å²) >= 11 is 0. The van der Waals surface area contributed by atoms with Crippen LogP contribution in [0, 0.1) is 11.3 Å². The van der Waals surface area contributed by atoms with E-state index in [0.29, 0.717) is 12.0 Å². The smallest absolute Gasteiger partial charge is 0.0623 e. The first-order chi connectivity index (χ1) is 9.81. The molecule has 2 heterocycles. The second kappa shape index (κ2) is 6.76. The van der Waals surface area contributed by atoms with Gasteiger partial charge in [-0.25, -0.2) is 0 Å². The van der Waals surface area contributed by atoms with Crippen molar-refractivity contribution in [1.29, 1.82) is 0 Å². The third-order valence-electron chi connectivity index (χ3n) is 5.93. The van der Waals surface area contributed by atoms with Crippen LogP contribution < -0.4 is 5.32 Å². The molecule has 2 aliphatic heterocycles. The molecule has 2 atom stereocenters. The quantitative estimate of drug-likeness (QED) is 0.838. The number of nitrogens with zero attached hydrogens (tertiary/aromatic N) is 1. The molecule has 3 rings (SSSR count). The van der Waals surface area contributed by atoms with E-state index in [4.69, 9.17) is 4.74 Å². The van der Waals surface area contributed by atoms with E-state index < -0.39 is 0 Å². The Morgan fingerprint density at radius 1 is 1.10 bits per heavy atom. The van der Waals surface area contributed by atoms with E-state index in [9.17, 15) is 0 Å². The van der Waals surface area contributed by atoms with Crippen molar-refractivity contribution in [2.75, 3.05) is 39.4 Å². The molecule has 1 saturated carbocycles. The minimum atomic E-state index is 0.595. The fraction of sp³-hybridized carbons (Fsp3) is 1.00. The van der Waals surface area contributed by atoms with Gasteiger partial charge in [0.05, 0.1) is 13.2 Å². The van der Waals surface area contributed by atoms with Crippen LogP contribution in [0.15, 0.2) is 0 Å². The van der Waals surface area contributed by atoms with Crippen LogP contribution in [-0.2, 0) is 4.74 Å². The summed E-state index contributed by atoms with van der Waals surface area (Å²) in [6.45, 7) is 9.16. The SMILES string of the molecule is CCCNC1COCC1CN1CCC2(CCCC2)CC1. The van der Waals surface area contributed by atoms with Crippen molar-refractivity contribution >= 4 is 0 Å². The third kappa shape index (κ3) is 3.37. The molecule has 2 unspecified atom stereocenters. The lowest BCUT2D eigenvalue weighted by Crippen LogP contribution is -2.45. The first-order valence-electron chi connectivity index (χ1n) is 8.85. The largest absolute Gasteiger partial charge is 0.379 e. The van der Waals surface area contributed by atoms with Gasteiger partial charge in [-0.15, -0.1) is 0 Å². The lowest BCUT2D eigenvalue weighted by Gasteiger charge is -2.40. The minimum Gasteiger partial charge on any atom is -0.379 e. The first-order valence-corrected chi connectivity index (χ1v) is 8.85. The van der Waals surface area contributed by atoms with Crippen LogP contribution in [-0.4, -0.2) is 50.3 Å². The number of hydrogen-bond donors (Lipinski definition) is 1. The van der Waals surface area contributed by atoms with Gasteiger partial charge in [-0.1, -0.05) is 19.8 Å². The Kier molecular flexibility index (Phi) is 5.00. The van der Waals surface area contributed by atoms with Gasteiger partial charge in [0.15, 0.2) is 0 Å². The molecule has 3 aliphatic rings. The average molecular weight is 280 g/mol. The van der Waals surface area contributed by atoms with Gasteiger partial charge in [-0.3, -0.25) is 0 Å². The molecule has 1 aliphatic carbocycles. The average Bonchev–Trinajstić information content (AvgIpc) is 3.09. The van der Waals surface area contributed by atoms with Crippen molar-refractivity contribution in [1.82, 2.24) is 10.2 Å². The number of ether oxygens (including phenoxy) is 1. The van der Waals surface area contributed by atoms with Crippen molar-refractivity contribution in [2.24, 2.45) is 11.3 Å². The maximum atomic E-state index is 5.71. The number of nitrogens with one attached hydrogen (secondary N) is 1. The topological polar surface area (TPSA) is 24.5 Å². The molecule has 3 fully saturated rings. The maximum absolute atomic E-state index is 5.71. The fourth-order valence-corrected chi connectivity index (χ4v) is 4.50. The van der Waals surface area contributed by atoms with Gasteiger partial charge in [0.25, 0.3) is 0 Å². The molecule has 0 radical (unpaired) electrons. The highest BCUT2D eigenvalue weighted by Gasteiger charge is 2.38. The standard InChI is InChI=1S/C17H32N2O/c1-2-9-18-16-14-20-13-15(16)12-19-10-7-17(8-11-19)5-3-4-6-17/h15-16,18H,2-14H2,1H3. The molecule has 0 bridgehead atoms. The Hall–Kier alpha value is -0.120. The van der Waals surface area contributed by atoms with E-state index in [1.807, 2.05) is 0 Å². The second-order valence-corrected chi connectivity index (χ2v) is 7.37. The molecule has 2 saturated heterocycles. The summed E-state index contributed by atoms with van der Waals surface area (Å²) in [5.74, 6) is 0.708. The first kappa shape index (κ1) is 14.8. The van der Waals surface area contributed by atoms with Gasteiger partial charge in [0.2, 0.25) is 0 Å². The predicted octanol–water partition coefficient (Wildman–Crippen LogP) is 2.66. The lowest BCUT2D eigenvalue weighted by atomic mass is 9.77. The molecule has 1 N–H and O–H groups in total. The second-order valence-electron chi connectivity index (χ2n) is 7.37. The molecule has 3 nitrogen and oxygen atoms in total. The van der Waals surface area contributed by atoms with E-state index in [2.05, 4.69) is 17.1 Å². The Bertz CT molecular complexity index is 291. The summed E-state index contributed by atoms with van der Waals surface area (Å²) < 4.78 is 5.71. The van der Waals surface area contributed by atoms with E-state index >= 15 is 0 Å². The zero-order chi connectivity index (χ0) is 13.8. The summed E-state index contributed by atoms with van der Waals surface area (Å²) in [6.07, 6.45) is 10.1. The normalized spacial score (nSPS) is 34.0. The summed E-state index contributed by atoms with van der Waals surface area (Å²) in [4.78, 5) is 2.71. The summed E-state index contributed by atoms with van der Waals surface area (Å²) in [5.41, 5.74) is 0.753. The van der Waals surface area contributed by atoms with Crippen molar-refractivity contribution < 1.29 is 4.74 Å². The minimum absolute atomic E-state index is 0.595. The van der Waals surface area contributed by atoms with Gasteiger partial charge >= 0.3 is 0 Å². The zero-order valence-corrected chi connectivity index (χ0v) is 13.2. The number of rotatable bonds is 5. The highest BCUT2D eigenvalue weighted by atomic mass is 16.5. The van der Waals surface area contributed by atoms with Gasteiger partial charge in [0, 0.05) is 18.5 Å². The van der Waals surface area contributed by atoms with E-state index in [1.54, 1.807) is 0 Å². The molecule has 3 heteroatoms. The van der Waals surface area contributed by atoms with Crippen LogP contribution in [0.25, 0.3) is 0 Å². The Morgan fingerprint density at radius 3 is 2.55 bits per heavy atom. The molecular formula is C17H32N2O. The van der Waals surface area contributed by atoms with Crippen molar-refractivity contribution in [3.63, 3.8) is 0 Å². The predicted molar refractivity (Wildman–Crippen MR) is 83.0 cm³/mol. The van der Waals surface area contributed by atoms with Crippen molar-refractivity contribution in [3.05, 3.63) is 0 Å². The van der Waals surface area contributed by atoms with E-state index in [-0.39, 0.29) is 0 Å². The van der Waals surface area contributed by atoms with E-state index in [1.165, 1.54) is 64.6 Å². The molecule has 0 aromatic heterocycles. The van der Waals surface area contributed by atoms with Crippen LogP contribution >= 0.6 is 0 Å². The van der Waals surface area contributed by atoms with Crippen LogP contribution in [0.2, 0.25) is 0 Å². The molecule has 0 aromatic carbocycles. The van der Waals surface area contributed by atoms with Gasteiger partial charge < -0.3 is 15.0 Å². The summed E-state index contributed by atoms with van der Waals surface area (Å²) in [6, 6.07) is 0.595. The van der Waals surface area contributed by atoms with Crippen molar-refractivity contribution in [3.8, 4) is 0 Å². The number of likely N-dealkylation sites (tertiary alicyclic amines) is 1. The highest BCUT2D eigenvalue weighted by Crippen LogP contribution is 2.46. The highest BCUT2D eigenvalue weighted by molar-refractivity contribution is 4.91. The molecule has 116 valence electrons. The monoisotopic (exact) mass is 280 g/mol. The summed E-state index contributed by atoms with van der Waals surface area (Å²) in [5, 5.41) is 3.67. The fourth-order valence-electron chi connectivity index (χ4n) is 4.50. The van der Waals surface area contributed by atoms with Gasteiger partial charge in [-0.05, 0) is 57.2 Å². The van der Waals surface area contributed by atoms with Gasteiger partial charge in [0.1, 0.15) is 0 Å². The van der Waals surface area contributed by atoms with Crippen LogP contribution in [0.3, 0.4) is 0 Å². The lowest BCUT2D eigenvalue weighted by molar-refractivity contribution is 0.0897. The molecule has 0 aromatic rings. The Labute approximate surface area is 124 Å². The molecule has 0 amide bonds. The van der Waals surface area contributed by atoms with Crippen molar-refractivity contribution in [2.45, 2.75) is 57.9 Å². The Balaban J connectivity index is 1.44. The Morgan fingerprint density at radius 2 is 1.85 bits per heavy atom. The molecule has 1 spiro atoms. The zero-order valence-electron chi connectivity index (χ0n) is 13.2. The van der Waals surface area contributed by atoms with Crippen LogP contribution in [0.4, 0.5) is 0 Å². The molecule has 20 heavy (non-hydrogen) atoms. The summed E-state index contributed by atoms with van der Waals surface area (Å²) in [7, 11) is 0. The van der Waals surface area contributed by atoms with E-state index in [0.717, 1.165) is 25.2 Å². The van der Waals surface area contributed by atoms with Crippen LogP contribution in [0.1, 0.15) is 51.9 Å². The van der Waals surface area contributed by atoms with Gasteiger partial charge in [-0.2, -0.15) is 0 Å². The maximum Gasteiger partial charge on any atom is 0.0623 e. The molecular weight excluding hydrogens is 248 g/mol. The number of piperidine rings is 1. The third-order valence-corrected chi connectivity index (χ3v) is 5.93.